The van der Waals surface area contributed by atoms with Crippen LogP contribution in [0.5, 0.6) is 0 Å². The summed E-state index contributed by atoms with van der Waals surface area (Å²) in [5.41, 5.74) is 8.73. The third-order valence-corrected chi connectivity index (χ3v) is 8.90. The number of ether oxygens (including phenoxy) is 3. The van der Waals surface area contributed by atoms with Gasteiger partial charge in [-0.1, -0.05) is 36.4 Å². The van der Waals surface area contributed by atoms with E-state index in [0.717, 1.165) is 12.8 Å². The van der Waals surface area contributed by atoms with E-state index in [4.69, 9.17) is 19.9 Å². The van der Waals surface area contributed by atoms with Gasteiger partial charge in [-0.2, -0.15) is 0 Å². The number of halogens is 3. The van der Waals surface area contributed by atoms with E-state index in [1.807, 2.05) is 0 Å². The van der Waals surface area contributed by atoms with Crippen LogP contribution in [0, 0.1) is 23.4 Å². The van der Waals surface area contributed by atoms with Crippen molar-refractivity contribution in [2.75, 3.05) is 33.0 Å². The monoisotopic (exact) mass is 638 g/mol. The van der Waals surface area contributed by atoms with Crippen molar-refractivity contribution in [2.24, 2.45) is 11.7 Å². The van der Waals surface area contributed by atoms with Crippen molar-refractivity contribution in [3.05, 3.63) is 106 Å². The van der Waals surface area contributed by atoms with Gasteiger partial charge in [-0.25, -0.2) is 13.2 Å². The Kier molecular flexibility index (Phi) is 12.0. The zero-order chi connectivity index (χ0) is 32.5. The average molecular weight is 639 g/mol. The molecule has 0 saturated carbocycles. The number of benzene rings is 3. The highest BCUT2D eigenvalue weighted by Gasteiger charge is 2.29. The SMILES string of the molecule is N[C@H](C(=O)Cc1cccc(F)c1CC[C@@H]1CN[C@H](COC(=O)CC2CCOCC2)CO1)C(c1ccc(F)cc1)c1ccc(F)cc1. The van der Waals surface area contributed by atoms with Crippen LogP contribution < -0.4 is 11.1 Å². The second-order valence-electron chi connectivity index (χ2n) is 12.2. The second-order valence-corrected chi connectivity index (χ2v) is 12.2. The van der Waals surface area contributed by atoms with Crippen molar-refractivity contribution >= 4 is 11.8 Å². The Balaban J connectivity index is 1.16. The molecule has 2 aliphatic heterocycles. The van der Waals surface area contributed by atoms with Crippen molar-refractivity contribution in [3.63, 3.8) is 0 Å². The molecule has 0 unspecified atom stereocenters. The van der Waals surface area contributed by atoms with Crippen LogP contribution in [-0.2, 0) is 36.6 Å². The third-order valence-electron chi connectivity index (χ3n) is 8.90. The van der Waals surface area contributed by atoms with E-state index >= 15 is 4.39 Å². The van der Waals surface area contributed by atoms with Gasteiger partial charge in [0.05, 0.1) is 24.8 Å². The van der Waals surface area contributed by atoms with E-state index in [-0.39, 0.29) is 36.9 Å². The summed E-state index contributed by atoms with van der Waals surface area (Å²) in [5, 5.41) is 3.36. The van der Waals surface area contributed by atoms with E-state index in [1.165, 1.54) is 30.3 Å². The quantitative estimate of drug-likeness (QED) is 0.254. The van der Waals surface area contributed by atoms with Crippen molar-refractivity contribution < 1.29 is 37.0 Å². The molecule has 0 aromatic heterocycles. The van der Waals surface area contributed by atoms with Gasteiger partial charge in [0.15, 0.2) is 5.78 Å². The van der Waals surface area contributed by atoms with Crippen LogP contribution in [0.25, 0.3) is 0 Å². The molecule has 0 radical (unpaired) electrons. The molecule has 10 heteroatoms. The molecule has 0 amide bonds. The molecular weight excluding hydrogens is 597 g/mol. The number of nitrogens with one attached hydrogen (secondary N) is 1. The molecule has 246 valence electrons. The summed E-state index contributed by atoms with van der Waals surface area (Å²) >= 11 is 0. The number of rotatable bonds is 13. The predicted molar refractivity (Wildman–Crippen MR) is 167 cm³/mol. The fraction of sp³-hybridized carbons (Fsp3) is 0.444. The second kappa shape index (κ2) is 16.3. The Morgan fingerprint density at radius 2 is 1.59 bits per heavy atom. The van der Waals surface area contributed by atoms with Gasteiger partial charge < -0.3 is 25.3 Å². The molecule has 3 aromatic rings. The summed E-state index contributed by atoms with van der Waals surface area (Å²) in [6.07, 6.45) is 2.74. The number of esters is 1. The molecule has 0 aliphatic carbocycles. The normalized spacial score (nSPS) is 19.6. The Labute approximate surface area is 267 Å². The first-order valence-corrected chi connectivity index (χ1v) is 15.9. The Morgan fingerprint density at radius 3 is 2.20 bits per heavy atom. The van der Waals surface area contributed by atoms with Crippen molar-refractivity contribution in [2.45, 2.75) is 62.6 Å². The average Bonchev–Trinajstić information content (AvgIpc) is 3.06. The summed E-state index contributed by atoms with van der Waals surface area (Å²) < 4.78 is 59.3. The molecule has 46 heavy (non-hydrogen) atoms. The third kappa shape index (κ3) is 9.25. The van der Waals surface area contributed by atoms with Gasteiger partial charge in [0.25, 0.3) is 0 Å². The highest BCUT2D eigenvalue weighted by molar-refractivity contribution is 5.87. The van der Waals surface area contributed by atoms with Gasteiger partial charge in [0, 0.05) is 38.5 Å². The van der Waals surface area contributed by atoms with Gasteiger partial charge in [0.1, 0.15) is 24.1 Å². The van der Waals surface area contributed by atoms with E-state index in [1.54, 1.807) is 36.4 Å². The largest absolute Gasteiger partial charge is 0.464 e. The molecule has 0 spiro atoms. The number of Topliss-reactive ketones (excluding diaryl/α,β-unsaturated/α-hetero) is 1. The van der Waals surface area contributed by atoms with Gasteiger partial charge in [-0.05, 0) is 84.2 Å². The number of hydrogen-bond donors (Lipinski definition) is 2. The molecule has 2 heterocycles. The molecule has 3 atom stereocenters. The van der Waals surface area contributed by atoms with E-state index < -0.39 is 29.4 Å². The first-order chi connectivity index (χ1) is 22.3. The lowest BCUT2D eigenvalue weighted by molar-refractivity contribution is -0.147. The minimum Gasteiger partial charge on any atom is -0.464 e. The van der Waals surface area contributed by atoms with Crippen molar-refractivity contribution in [1.29, 1.82) is 0 Å². The lowest BCUT2D eigenvalue weighted by Gasteiger charge is -2.30. The van der Waals surface area contributed by atoms with Crippen molar-refractivity contribution in [3.8, 4) is 0 Å². The van der Waals surface area contributed by atoms with E-state index in [2.05, 4.69) is 5.32 Å². The Morgan fingerprint density at radius 1 is 0.935 bits per heavy atom. The lowest BCUT2D eigenvalue weighted by atomic mass is 9.82. The fourth-order valence-electron chi connectivity index (χ4n) is 6.19. The molecule has 2 aliphatic rings. The zero-order valence-corrected chi connectivity index (χ0v) is 25.8. The van der Waals surface area contributed by atoms with Crippen molar-refractivity contribution in [1.82, 2.24) is 5.32 Å². The standard InChI is InChI=1S/C36H41F3N2O5/c37-27-8-4-24(5-9-27)35(25-6-10-28(38)11-7-25)36(40)33(42)19-26-2-1-3-32(39)31(26)13-12-30-20-41-29(21-45-30)22-46-34(43)18-23-14-16-44-17-15-23/h1-11,23,29-30,35-36,41H,12-22,40H2/t29-,30+,36+/m0/s1. The highest BCUT2D eigenvalue weighted by Crippen LogP contribution is 2.30. The predicted octanol–water partition coefficient (Wildman–Crippen LogP) is 5.02. The summed E-state index contributed by atoms with van der Waals surface area (Å²) in [6, 6.07) is 14.9. The molecule has 7 nitrogen and oxygen atoms in total. The molecule has 3 N–H and O–H groups in total. The maximum absolute atomic E-state index is 15.1. The Bertz CT molecular complexity index is 1390. The van der Waals surface area contributed by atoms with E-state index in [9.17, 15) is 18.4 Å². The van der Waals surface area contributed by atoms with E-state index in [0.29, 0.717) is 73.8 Å². The van der Waals surface area contributed by atoms with Gasteiger partial charge >= 0.3 is 5.97 Å². The summed E-state index contributed by atoms with van der Waals surface area (Å²) in [6.45, 7) is 2.48. The maximum atomic E-state index is 15.1. The minimum absolute atomic E-state index is 0.0990. The number of ketones is 1. The molecular formula is C36H41F3N2O5. The topological polar surface area (TPSA) is 99.9 Å². The minimum atomic E-state index is -1.04. The number of carbonyl (C=O) groups excluding carboxylic acids is 2. The Hall–Kier alpha value is -3.57. The van der Waals surface area contributed by atoms with Crippen LogP contribution in [-0.4, -0.2) is 62.9 Å². The van der Waals surface area contributed by atoms with Crippen LogP contribution in [0.4, 0.5) is 13.2 Å². The lowest BCUT2D eigenvalue weighted by Crippen LogP contribution is -2.49. The molecule has 3 aromatic carbocycles. The maximum Gasteiger partial charge on any atom is 0.306 e. The van der Waals surface area contributed by atoms with Gasteiger partial charge in [-0.3, -0.25) is 9.59 Å². The number of nitrogens with two attached hydrogens (primary N) is 1. The number of carbonyl (C=O) groups is 2. The number of morpholine rings is 1. The van der Waals surface area contributed by atoms with Gasteiger partial charge in [-0.15, -0.1) is 0 Å². The highest BCUT2D eigenvalue weighted by atomic mass is 19.1. The van der Waals surface area contributed by atoms with Crippen LogP contribution in [0.2, 0.25) is 0 Å². The van der Waals surface area contributed by atoms with Crippen LogP contribution in [0.15, 0.2) is 66.7 Å². The fourth-order valence-corrected chi connectivity index (χ4v) is 6.19. The van der Waals surface area contributed by atoms with Gasteiger partial charge in [0.2, 0.25) is 0 Å². The summed E-state index contributed by atoms with van der Waals surface area (Å²) in [4.78, 5) is 25.8. The molecule has 5 rings (SSSR count). The van der Waals surface area contributed by atoms with Crippen LogP contribution in [0.1, 0.15) is 53.9 Å². The first-order valence-electron chi connectivity index (χ1n) is 15.9. The smallest absolute Gasteiger partial charge is 0.306 e. The number of hydrogen-bond acceptors (Lipinski definition) is 7. The molecule has 2 fully saturated rings. The first kappa shape index (κ1) is 33.8. The molecule has 2 saturated heterocycles. The van der Waals surface area contributed by atoms with Crippen LogP contribution in [0.3, 0.4) is 0 Å². The summed E-state index contributed by atoms with van der Waals surface area (Å²) in [5.74, 6) is -2.14. The summed E-state index contributed by atoms with van der Waals surface area (Å²) in [7, 11) is 0. The van der Waals surface area contributed by atoms with Crippen LogP contribution >= 0.6 is 0 Å². The zero-order valence-electron chi connectivity index (χ0n) is 25.8. The molecule has 0 bridgehead atoms.